The van der Waals surface area contributed by atoms with Gasteiger partial charge in [-0.1, -0.05) is 0 Å². The van der Waals surface area contributed by atoms with Crippen LogP contribution in [0, 0.1) is 23.0 Å². The number of aromatic amines is 1. The molecule has 1 aliphatic carbocycles. The minimum absolute atomic E-state index is 0.0832. The summed E-state index contributed by atoms with van der Waals surface area (Å²) in [6, 6.07) is 4.13. The second kappa shape index (κ2) is 6.31. The van der Waals surface area contributed by atoms with E-state index in [1.807, 2.05) is 6.92 Å². The number of carbonyl (C=O) groups is 1. The maximum absolute atomic E-state index is 12.5. The van der Waals surface area contributed by atoms with Crippen molar-refractivity contribution in [2.45, 2.75) is 26.2 Å². The van der Waals surface area contributed by atoms with Gasteiger partial charge in [0.05, 0.1) is 29.5 Å². The van der Waals surface area contributed by atoms with Crippen molar-refractivity contribution in [3.05, 3.63) is 45.5 Å². The Labute approximate surface area is 138 Å². The summed E-state index contributed by atoms with van der Waals surface area (Å²) in [5.74, 6) is 0.835. The zero-order valence-electron chi connectivity index (χ0n) is 13.5. The van der Waals surface area contributed by atoms with Crippen LogP contribution in [0.2, 0.25) is 0 Å². The molecule has 0 fully saturated rings. The fourth-order valence-corrected chi connectivity index (χ4v) is 2.98. The molecule has 0 bridgehead atoms. The summed E-state index contributed by atoms with van der Waals surface area (Å²) in [5, 5.41) is 13.6. The number of hydrogen-bond acceptors (Lipinski definition) is 5. The molecule has 2 aromatic rings. The van der Waals surface area contributed by atoms with Crippen LogP contribution in [0.1, 0.15) is 23.6 Å². The van der Waals surface area contributed by atoms with E-state index in [1.165, 1.54) is 25.3 Å². The van der Waals surface area contributed by atoms with E-state index in [1.54, 1.807) is 0 Å². The summed E-state index contributed by atoms with van der Waals surface area (Å²) in [5.41, 5.74) is 2.39. The number of rotatable bonds is 4. The molecule has 1 amide bonds. The van der Waals surface area contributed by atoms with Gasteiger partial charge in [0.15, 0.2) is 0 Å². The lowest BCUT2D eigenvalue weighted by Gasteiger charge is -2.21. The van der Waals surface area contributed by atoms with E-state index in [0.717, 1.165) is 30.1 Å². The van der Waals surface area contributed by atoms with Gasteiger partial charge in [-0.15, -0.1) is 0 Å². The number of amides is 1. The first-order valence-electron chi connectivity index (χ1n) is 7.65. The topological polar surface area (TPSA) is 110 Å². The number of methoxy groups -OCH3 is 1. The number of carbonyl (C=O) groups excluding carboxylic acids is 1. The minimum Gasteiger partial charge on any atom is -0.494 e. The molecule has 0 radical (unpaired) electrons. The van der Waals surface area contributed by atoms with Gasteiger partial charge in [-0.3, -0.25) is 14.9 Å². The Morgan fingerprint density at radius 1 is 1.50 bits per heavy atom. The van der Waals surface area contributed by atoms with Crippen LogP contribution in [-0.2, 0) is 17.6 Å². The van der Waals surface area contributed by atoms with Crippen LogP contribution in [0.4, 0.5) is 11.4 Å². The Morgan fingerprint density at radius 2 is 2.29 bits per heavy atom. The number of imidazole rings is 1. The van der Waals surface area contributed by atoms with Crippen LogP contribution in [0.3, 0.4) is 0 Å². The van der Waals surface area contributed by atoms with Gasteiger partial charge in [-0.25, -0.2) is 4.98 Å². The first-order valence-corrected chi connectivity index (χ1v) is 7.65. The van der Waals surface area contributed by atoms with Crippen molar-refractivity contribution in [2.24, 2.45) is 5.92 Å². The second-order valence-electron chi connectivity index (χ2n) is 5.82. The van der Waals surface area contributed by atoms with Gasteiger partial charge < -0.3 is 15.0 Å². The van der Waals surface area contributed by atoms with E-state index in [-0.39, 0.29) is 23.3 Å². The number of nitro benzene ring substituents is 1. The average molecular weight is 330 g/mol. The van der Waals surface area contributed by atoms with Crippen LogP contribution >= 0.6 is 0 Å². The molecule has 24 heavy (non-hydrogen) atoms. The lowest BCUT2D eigenvalue weighted by molar-refractivity contribution is -0.384. The number of aromatic nitrogens is 2. The summed E-state index contributed by atoms with van der Waals surface area (Å²) in [6.45, 7) is 1.90. The molecular weight excluding hydrogens is 312 g/mol. The van der Waals surface area contributed by atoms with Crippen molar-refractivity contribution < 1.29 is 14.5 Å². The molecule has 0 saturated carbocycles. The van der Waals surface area contributed by atoms with Crippen molar-refractivity contribution >= 4 is 17.3 Å². The molecule has 126 valence electrons. The van der Waals surface area contributed by atoms with Crippen LogP contribution in [-0.4, -0.2) is 27.9 Å². The number of non-ortho nitro benzene ring substituents is 1. The number of anilines is 1. The number of fused-ring (bicyclic) bond motifs is 1. The van der Waals surface area contributed by atoms with Crippen molar-refractivity contribution in [2.75, 3.05) is 12.4 Å². The molecule has 8 nitrogen and oxygen atoms in total. The maximum atomic E-state index is 12.5. The highest BCUT2D eigenvalue weighted by Gasteiger charge is 2.27. The van der Waals surface area contributed by atoms with Crippen LogP contribution in [0.25, 0.3) is 0 Å². The Balaban J connectivity index is 1.74. The van der Waals surface area contributed by atoms with Gasteiger partial charge >= 0.3 is 0 Å². The van der Waals surface area contributed by atoms with Gasteiger partial charge in [0.2, 0.25) is 5.91 Å². The number of nitrogens with zero attached hydrogens (tertiary/aromatic N) is 2. The summed E-state index contributed by atoms with van der Waals surface area (Å²) in [4.78, 5) is 30.5. The highest BCUT2D eigenvalue weighted by molar-refractivity contribution is 5.94. The number of aryl methyl sites for hydroxylation is 2. The zero-order valence-corrected chi connectivity index (χ0v) is 13.5. The third-order valence-electron chi connectivity index (χ3n) is 4.19. The van der Waals surface area contributed by atoms with E-state index in [0.29, 0.717) is 12.1 Å². The van der Waals surface area contributed by atoms with Gasteiger partial charge in [0.1, 0.15) is 11.6 Å². The van der Waals surface area contributed by atoms with Gasteiger partial charge in [0.25, 0.3) is 5.69 Å². The number of benzene rings is 1. The molecule has 2 N–H and O–H groups in total. The molecule has 0 aliphatic heterocycles. The highest BCUT2D eigenvalue weighted by Crippen LogP contribution is 2.31. The first kappa shape index (κ1) is 16.0. The number of nitro groups is 1. The Bertz CT molecular complexity index is 799. The molecule has 0 saturated heterocycles. The van der Waals surface area contributed by atoms with Crippen LogP contribution in [0.5, 0.6) is 5.75 Å². The molecule has 1 heterocycles. The summed E-state index contributed by atoms with van der Waals surface area (Å²) in [7, 11) is 1.41. The smallest absolute Gasteiger partial charge is 0.273 e. The fraction of sp³-hybridized carbons (Fsp3) is 0.375. The van der Waals surface area contributed by atoms with Crippen molar-refractivity contribution in [1.29, 1.82) is 0 Å². The maximum Gasteiger partial charge on any atom is 0.273 e. The van der Waals surface area contributed by atoms with E-state index < -0.39 is 4.92 Å². The standard InChI is InChI=1S/C16H18N4O4/c1-9-17-12-5-3-10(7-14(12)18-9)16(21)19-13-6-4-11(20(22)23)8-15(13)24-2/h4,6,8,10H,3,5,7H2,1-2H3,(H,17,18)(H,19,21). The van der Waals surface area contributed by atoms with Crippen molar-refractivity contribution in [3.63, 3.8) is 0 Å². The molecule has 1 aromatic heterocycles. The lowest BCUT2D eigenvalue weighted by atomic mass is 9.89. The zero-order chi connectivity index (χ0) is 17.3. The molecule has 1 atom stereocenters. The van der Waals surface area contributed by atoms with Crippen LogP contribution in [0.15, 0.2) is 18.2 Å². The molecule has 8 heteroatoms. The van der Waals surface area contributed by atoms with Gasteiger partial charge in [0, 0.05) is 24.1 Å². The molecule has 3 rings (SSSR count). The predicted molar refractivity (Wildman–Crippen MR) is 87.1 cm³/mol. The monoisotopic (exact) mass is 330 g/mol. The Hall–Kier alpha value is -2.90. The van der Waals surface area contributed by atoms with E-state index in [4.69, 9.17) is 4.74 Å². The molecule has 1 aromatic carbocycles. The summed E-state index contributed by atoms with van der Waals surface area (Å²) >= 11 is 0. The number of H-pyrrole nitrogens is 1. The second-order valence-corrected chi connectivity index (χ2v) is 5.82. The quantitative estimate of drug-likeness (QED) is 0.660. The summed E-state index contributed by atoms with van der Waals surface area (Å²) < 4.78 is 5.15. The highest BCUT2D eigenvalue weighted by atomic mass is 16.6. The normalized spacial score (nSPS) is 16.3. The molecule has 0 spiro atoms. The Kier molecular flexibility index (Phi) is 4.20. The van der Waals surface area contributed by atoms with E-state index in [2.05, 4.69) is 15.3 Å². The van der Waals surface area contributed by atoms with Gasteiger partial charge in [-0.2, -0.15) is 0 Å². The number of nitrogens with one attached hydrogen (secondary N) is 2. The van der Waals surface area contributed by atoms with Gasteiger partial charge in [-0.05, 0) is 25.8 Å². The van der Waals surface area contributed by atoms with Crippen molar-refractivity contribution in [1.82, 2.24) is 9.97 Å². The van der Waals surface area contributed by atoms with Crippen LogP contribution < -0.4 is 10.1 Å². The van der Waals surface area contributed by atoms with Crippen molar-refractivity contribution in [3.8, 4) is 5.75 Å². The average Bonchev–Trinajstić information content (AvgIpc) is 2.93. The molecule has 1 aliphatic rings. The molecular formula is C16H18N4O4. The molecule has 1 unspecified atom stereocenters. The third kappa shape index (κ3) is 3.08. The third-order valence-corrected chi connectivity index (χ3v) is 4.19. The number of hydrogen-bond donors (Lipinski definition) is 2. The summed E-state index contributed by atoms with van der Waals surface area (Å²) in [6.07, 6.45) is 2.09. The predicted octanol–water partition coefficient (Wildman–Crippen LogP) is 2.38. The lowest BCUT2D eigenvalue weighted by Crippen LogP contribution is -2.28. The number of ether oxygens (including phenoxy) is 1. The largest absolute Gasteiger partial charge is 0.494 e. The fourth-order valence-electron chi connectivity index (χ4n) is 2.98. The first-order chi connectivity index (χ1) is 11.5. The minimum atomic E-state index is -0.503. The van der Waals surface area contributed by atoms with E-state index in [9.17, 15) is 14.9 Å². The Morgan fingerprint density at radius 3 is 3.00 bits per heavy atom. The van der Waals surface area contributed by atoms with E-state index >= 15 is 0 Å². The SMILES string of the molecule is COc1cc([N+](=O)[O-])ccc1NC(=O)C1CCc2nc(C)[nH]c2C1.